The lowest BCUT2D eigenvalue weighted by atomic mass is 10.2. The van der Waals surface area contributed by atoms with Crippen molar-refractivity contribution in [3.8, 4) is 5.75 Å². The molecule has 10 heteroatoms. The minimum Gasteiger partial charge on any atom is -0.497 e. The lowest BCUT2D eigenvalue weighted by Crippen LogP contribution is -2.51. The summed E-state index contributed by atoms with van der Waals surface area (Å²) in [4.78, 5) is 14.9. The van der Waals surface area contributed by atoms with Crippen molar-refractivity contribution in [3.05, 3.63) is 42.7 Å². The maximum Gasteiger partial charge on any atom is 0.270 e. The van der Waals surface area contributed by atoms with Crippen molar-refractivity contribution in [2.75, 3.05) is 11.4 Å². The highest BCUT2D eigenvalue weighted by Crippen LogP contribution is 2.47. The van der Waals surface area contributed by atoms with Crippen LogP contribution in [0.5, 0.6) is 5.75 Å². The summed E-state index contributed by atoms with van der Waals surface area (Å²) in [5.74, 6) is -0.225. The van der Waals surface area contributed by atoms with Gasteiger partial charge in [-0.2, -0.15) is 0 Å². The molecule has 1 aromatic carbocycles. The van der Waals surface area contributed by atoms with Crippen molar-refractivity contribution in [2.24, 2.45) is 0 Å². The molecule has 1 aliphatic rings. The van der Waals surface area contributed by atoms with Crippen LogP contribution < -0.4 is 14.5 Å². The first-order valence-corrected chi connectivity index (χ1v) is 8.66. The van der Waals surface area contributed by atoms with Crippen LogP contribution >= 0.6 is 12.4 Å². The number of sulfonamides is 1. The van der Waals surface area contributed by atoms with E-state index in [-0.39, 0.29) is 17.3 Å². The molecule has 25 heavy (non-hydrogen) atoms. The summed E-state index contributed by atoms with van der Waals surface area (Å²) in [6.07, 6.45) is 3.70. The zero-order chi connectivity index (χ0) is 17.4. The zero-order valence-corrected chi connectivity index (χ0v) is 14.9. The topological polar surface area (TPSA) is 112 Å². The van der Waals surface area contributed by atoms with E-state index < -0.39 is 21.5 Å². The summed E-state index contributed by atoms with van der Waals surface area (Å²) < 4.78 is 32.4. The third-order valence-electron chi connectivity index (χ3n) is 4.05. The van der Waals surface area contributed by atoms with Gasteiger partial charge < -0.3 is 9.72 Å². The van der Waals surface area contributed by atoms with Crippen molar-refractivity contribution in [1.82, 2.24) is 10.5 Å². The third kappa shape index (κ3) is 3.17. The van der Waals surface area contributed by atoms with Gasteiger partial charge >= 0.3 is 0 Å². The van der Waals surface area contributed by atoms with Crippen LogP contribution in [-0.4, -0.2) is 37.2 Å². The van der Waals surface area contributed by atoms with E-state index in [1.54, 1.807) is 17.7 Å². The van der Waals surface area contributed by atoms with Gasteiger partial charge in [-0.1, -0.05) is 0 Å². The Kier molecular flexibility index (Phi) is 5.31. The Bertz CT molecular complexity index is 833. The molecule has 1 fully saturated rings. The fourth-order valence-corrected chi connectivity index (χ4v) is 4.46. The fourth-order valence-electron chi connectivity index (χ4n) is 2.66. The Labute approximate surface area is 151 Å². The second-order valence-corrected chi connectivity index (χ2v) is 7.27. The summed E-state index contributed by atoms with van der Waals surface area (Å²) >= 11 is 0. The molecule has 1 heterocycles. The molecule has 0 atom stereocenters. The lowest BCUT2D eigenvalue weighted by molar-refractivity contribution is -0.131. The molecule has 0 unspecified atom stereocenters. The quantitative estimate of drug-likeness (QED) is 0.515. The van der Waals surface area contributed by atoms with Crippen LogP contribution in [0.2, 0.25) is 0 Å². The molecule has 0 aliphatic heterocycles. The number of ether oxygens (including phenoxy) is 1. The fraction of sp³-hybridized carbons (Fsp3) is 0.267. The van der Waals surface area contributed by atoms with Crippen LogP contribution in [0.15, 0.2) is 47.6 Å². The molecule has 8 nitrogen and oxygen atoms in total. The molecule has 2 aromatic rings. The van der Waals surface area contributed by atoms with E-state index in [1.807, 2.05) is 0 Å². The Hall–Kier alpha value is -2.23. The summed E-state index contributed by atoms with van der Waals surface area (Å²) in [5, 5.41) is 9.02. The van der Waals surface area contributed by atoms with Crippen LogP contribution in [0.3, 0.4) is 0 Å². The Morgan fingerprint density at radius 1 is 1.28 bits per heavy atom. The standard InChI is InChI=1S/C15H17N3O5S.ClH/c1-23-12-2-4-13(5-3-12)24(21,22)18(11-6-9-16-10-11)15(7-8-15)14(19)17-20;/h2-6,9-10,16,20H,7-8H2,1H3,(H,17,19);1H. The number of anilines is 1. The molecule has 0 radical (unpaired) electrons. The van der Waals surface area contributed by atoms with Crippen LogP contribution in [0, 0.1) is 0 Å². The second kappa shape index (κ2) is 6.95. The Morgan fingerprint density at radius 3 is 2.36 bits per heavy atom. The number of rotatable bonds is 6. The number of nitrogens with one attached hydrogen (secondary N) is 2. The van der Waals surface area contributed by atoms with Gasteiger partial charge in [-0.15, -0.1) is 12.4 Å². The van der Waals surface area contributed by atoms with Gasteiger partial charge in [0.1, 0.15) is 11.3 Å². The van der Waals surface area contributed by atoms with Gasteiger partial charge in [0.15, 0.2) is 0 Å². The van der Waals surface area contributed by atoms with Crippen molar-refractivity contribution < 1.29 is 23.2 Å². The van der Waals surface area contributed by atoms with Gasteiger partial charge in [-0.05, 0) is 43.2 Å². The van der Waals surface area contributed by atoms with Crippen molar-refractivity contribution in [2.45, 2.75) is 23.3 Å². The predicted molar refractivity (Wildman–Crippen MR) is 92.6 cm³/mol. The highest BCUT2D eigenvalue weighted by atomic mass is 35.5. The predicted octanol–water partition coefficient (Wildman–Crippen LogP) is 1.68. The Morgan fingerprint density at radius 2 is 1.92 bits per heavy atom. The highest BCUT2D eigenvalue weighted by molar-refractivity contribution is 7.93. The van der Waals surface area contributed by atoms with E-state index in [0.29, 0.717) is 24.3 Å². The first-order valence-electron chi connectivity index (χ1n) is 7.22. The summed E-state index contributed by atoms with van der Waals surface area (Å²) in [6, 6.07) is 7.47. The van der Waals surface area contributed by atoms with E-state index in [1.165, 1.54) is 37.6 Å². The van der Waals surface area contributed by atoms with Gasteiger partial charge in [-0.25, -0.2) is 18.2 Å². The number of halogens is 1. The average molecular weight is 388 g/mol. The number of hydroxylamine groups is 1. The number of hydrogen-bond donors (Lipinski definition) is 3. The highest BCUT2D eigenvalue weighted by Gasteiger charge is 2.59. The smallest absolute Gasteiger partial charge is 0.270 e. The number of aromatic amines is 1. The van der Waals surface area contributed by atoms with Gasteiger partial charge in [0.2, 0.25) is 0 Å². The number of benzene rings is 1. The molecule has 0 bridgehead atoms. The number of carbonyl (C=O) groups is 1. The molecule has 1 amide bonds. The average Bonchev–Trinajstić information content (AvgIpc) is 3.20. The van der Waals surface area contributed by atoms with Crippen LogP contribution in [0.1, 0.15) is 12.8 Å². The first kappa shape index (κ1) is 19.1. The maximum absolute atomic E-state index is 13.1. The minimum absolute atomic E-state index is 0. The number of H-pyrrole nitrogens is 1. The monoisotopic (exact) mass is 387 g/mol. The third-order valence-corrected chi connectivity index (χ3v) is 5.96. The minimum atomic E-state index is -4.01. The molecule has 1 aliphatic carbocycles. The SMILES string of the molecule is COc1ccc(S(=O)(=O)N(c2cc[nH]c2)C2(C(=O)NO)CC2)cc1.Cl. The van der Waals surface area contributed by atoms with Crippen molar-refractivity contribution in [1.29, 1.82) is 0 Å². The van der Waals surface area contributed by atoms with Crippen LogP contribution in [0.4, 0.5) is 5.69 Å². The van der Waals surface area contributed by atoms with Crippen LogP contribution in [-0.2, 0) is 14.8 Å². The molecule has 0 spiro atoms. The number of hydrogen-bond acceptors (Lipinski definition) is 5. The number of aromatic nitrogens is 1. The lowest BCUT2D eigenvalue weighted by Gasteiger charge is -2.30. The molecular formula is C15H18ClN3O5S. The van der Waals surface area contributed by atoms with E-state index >= 15 is 0 Å². The molecule has 3 N–H and O–H groups in total. The maximum atomic E-state index is 13.1. The first-order chi connectivity index (χ1) is 11.5. The summed E-state index contributed by atoms with van der Waals surface area (Å²) in [6.45, 7) is 0. The second-order valence-electron chi connectivity index (χ2n) is 5.49. The van der Waals surface area contributed by atoms with Crippen LogP contribution in [0.25, 0.3) is 0 Å². The van der Waals surface area contributed by atoms with E-state index in [9.17, 15) is 13.2 Å². The molecule has 3 rings (SSSR count). The van der Waals surface area contributed by atoms with E-state index in [2.05, 4.69) is 4.98 Å². The molecule has 0 saturated heterocycles. The van der Waals surface area contributed by atoms with Gasteiger partial charge in [0.05, 0.1) is 17.7 Å². The normalized spacial score (nSPS) is 15.0. The number of amides is 1. The Balaban J connectivity index is 0.00000225. The number of carbonyl (C=O) groups excluding carboxylic acids is 1. The molecule has 1 saturated carbocycles. The molecular weight excluding hydrogens is 370 g/mol. The van der Waals surface area contributed by atoms with E-state index in [0.717, 1.165) is 4.31 Å². The van der Waals surface area contributed by atoms with Crippen molar-refractivity contribution >= 4 is 34.0 Å². The number of nitrogens with zero attached hydrogens (tertiary/aromatic N) is 1. The summed E-state index contributed by atoms with van der Waals surface area (Å²) in [5.41, 5.74) is 0.579. The largest absolute Gasteiger partial charge is 0.497 e. The van der Waals surface area contributed by atoms with Gasteiger partial charge in [0, 0.05) is 12.4 Å². The molecule has 1 aromatic heterocycles. The van der Waals surface area contributed by atoms with E-state index in [4.69, 9.17) is 9.94 Å². The van der Waals surface area contributed by atoms with Crippen molar-refractivity contribution in [3.63, 3.8) is 0 Å². The van der Waals surface area contributed by atoms with Gasteiger partial charge in [0.25, 0.3) is 15.9 Å². The summed E-state index contributed by atoms with van der Waals surface area (Å²) in [7, 11) is -2.53. The zero-order valence-electron chi connectivity index (χ0n) is 13.3. The molecule has 136 valence electrons. The van der Waals surface area contributed by atoms with Gasteiger partial charge in [-0.3, -0.25) is 10.0 Å². The number of methoxy groups -OCH3 is 1.